The molecule has 0 spiro atoms. The van der Waals surface area contributed by atoms with Gasteiger partial charge in [-0.05, 0) is 47.1 Å². The van der Waals surface area contributed by atoms with Gasteiger partial charge in [-0.15, -0.1) is 0 Å². The van der Waals surface area contributed by atoms with Gasteiger partial charge in [0.1, 0.15) is 0 Å². The predicted octanol–water partition coefficient (Wildman–Crippen LogP) is 1.18. The summed E-state index contributed by atoms with van der Waals surface area (Å²) in [6, 6.07) is 12.9. The lowest BCUT2D eigenvalue weighted by molar-refractivity contribution is 0.426. The minimum Gasteiger partial charge on any atom is -0.423 e. The highest BCUT2D eigenvalue weighted by Gasteiger charge is 2.13. The molecular weight excluding hydrogens is 265 g/mol. The quantitative estimate of drug-likeness (QED) is 0.617. The minimum absolute atomic E-state index is 0.116. The van der Waals surface area contributed by atoms with Crippen LogP contribution in [0.25, 0.3) is 21.9 Å². The summed E-state index contributed by atoms with van der Waals surface area (Å²) in [5.74, 6) is 0. The van der Waals surface area contributed by atoms with E-state index < -0.39 is 7.12 Å². The van der Waals surface area contributed by atoms with Crippen LogP contribution in [0, 0.1) is 6.92 Å². The molecule has 3 N–H and O–H groups in total. The summed E-state index contributed by atoms with van der Waals surface area (Å²) < 4.78 is 0. The second-order valence-electron chi connectivity index (χ2n) is 5.11. The Morgan fingerprint density at radius 1 is 1.00 bits per heavy atom. The van der Waals surface area contributed by atoms with E-state index in [1.165, 1.54) is 0 Å². The molecule has 0 unspecified atom stereocenters. The zero-order valence-corrected chi connectivity index (χ0v) is 11.5. The molecule has 2 aromatic carbocycles. The first-order valence-electron chi connectivity index (χ1n) is 6.64. The van der Waals surface area contributed by atoms with Crippen molar-refractivity contribution in [2.75, 3.05) is 0 Å². The highest BCUT2D eigenvalue weighted by Crippen LogP contribution is 2.23. The standard InChI is InChI=1S/C16H14BNO3/c1-10-6-13(9-14(7-10)17(20)21)11-2-3-15-12(8-11)4-5-18-16(15)19/h2-9,20-21H,1H3,(H,18,19). The third-order valence-corrected chi connectivity index (χ3v) is 3.50. The molecule has 3 aromatic rings. The van der Waals surface area contributed by atoms with Gasteiger partial charge in [0, 0.05) is 11.6 Å². The molecule has 0 aliphatic carbocycles. The van der Waals surface area contributed by atoms with Gasteiger partial charge in [-0.3, -0.25) is 4.79 Å². The summed E-state index contributed by atoms with van der Waals surface area (Å²) in [6.07, 6.45) is 1.62. The van der Waals surface area contributed by atoms with Gasteiger partial charge >= 0.3 is 7.12 Å². The molecule has 0 atom stereocenters. The molecule has 104 valence electrons. The predicted molar refractivity (Wildman–Crippen MR) is 84.6 cm³/mol. The molecule has 3 rings (SSSR count). The van der Waals surface area contributed by atoms with Crippen molar-refractivity contribution in [3.63, 3.8) is 0 Å². The Kier molecular flexibility index (Phi) is 3.37. The number of fused-ring (bicyclic) bond motifs is 1. The number of H-pyrrole nitrogens is 1. The van der Waals surface area contributed by atoms with Crippen molar-refractivity contribution in [1.29, 1.82) is 0 Å². The zero-order chi connectivity index (χ0) is 15.0. The number of rotatable bonds is 2. The van der Waals surface area contributed by atoms with E-state index in [1.54, 1.807) is 24.4 Å². The first kappa shape index (κ1) is 13.6. The van der Waals surface area contributed by atoms with Crippen LogP contribution in [0.5, 0.6) is 0 Å². The molecule has 0 amide bonds. The molecule has 0 saturated carbocycles. The van der Waals surface area contributed by atoms with Gasteiger partial charge in [0.05, 0.1) is 0 Å². The topological polar surface area (TPSA) is 73.3 Å². The van der Waals surface area contributed by atoms with E-state index in [0.717, 1.165) is 22.1 Å². The summed E-state index contributed by atoms with van der Waals surface area (Å²) in [4.78, 5) is 14.3. The van der Waals surface area contributed by atoms with E-state index in [2.05, 4.69) is 4.98 Å². The highest BCUT2D eigenvalue weighted by molar-refractivity contribution is 6.58. The van der Waals surface area contributed by atoms with Crippen LogP contribution < -0.4 is 11.0 Å². The van der Waals surface area contributed by atoms with Gasteiger partial charge in [-0.25, -0.2) is 0 Å². The number of aromatic amines is 1. The number of aryl methyl sites for hydroxylation is 1. The second-order valence-corrected chi connectivity index (χ2v) is 5.11. The number of hydrogen-bond acceptors (Lipinski definition) is 3. The second kappa shape index (κ2) is 5.20. The van der Waals surface area contributed by atoms with Crippen LogP contribution >= 0.6 is 0 Å². The van der Waals surface area contributed by atoms with Crippen LogP contribution in [0.1, 0.15) is 5.56 Å². The SMILES string of the molecule is Cc1cc(B(O)O)cc(-c2ccc3c(=O)[nH]ccc3c2)c1. The van der Waals surface area contributed by atoms with Crippen LogP contribution in [-0.2, 0) is 0 Å². The van der Waals surface area contributed by atoms with E-state index in [0.29, 0.717) is 10.8 Å². The normalized spacial score (nSPS) is 10.8. The fourth-order valence-electron chi connectivity index (χ4n) is 2.50. The smallest absolute Gasteiger partial charge is 0.423 e. The van der Waals surface area contributed by atoms with Crippen LogP contribution in [0.4, 0.5) is 0 Å². The van der Waals surface area contributed by atoms with Crippen molar-refractivity contribution in [1.82, 2.24) is 4.98 Å². The Labute approximate surface area is 121 Å². The van der Waals surface area contributed by atoms with E-state index >= 15 is 0 Å². The van der Waals surface area contributed by atoms with E-state index in [-0.39, 0.29) is 5.56 Å². The average molecular weight is 279 g/mol. The molecule has 5 heteroatoms. The maximum absolute atomic E-state index is 11.7. The number of hydrogen-bond donors (Lipinski definition) is 3. The highest BCUT2D eigenvalue weighted by atomic mass is 16.4. The van der Waals surface area contributed by atoms with Crippen molar-refractivity contribution in [2.45, 2.75) is 6.92 Å². The van der Waals surface area contributed by atoms with E-state index in [4.69, 9.17) is 0 Å². The van der Waals surface area contributed by atoms with Gasteiger partial charge in [0.25, 0.3) is 5.56 Å². The average Bonchev–Trinajstić information content (AvgIpc) is 2.46. The molecule has 1 heterocycles. The third kappa shape index (κ3) is 2.61. The van der Waals surface area contributed by atoms with Crippen molar-refractivity contribution in [2.24, 2.45) is 0 Å². The minimum atomic E-state index is -1.49. The van der Waals surface area contributed by atoms with Gasteiger partial charge in [-0.2, -0.15) is 0 Å². The number of aromatic nitrogens is 1. The molecular formula is C16H14BNO3. The Balaban J connectivity index is 2.18. The van der Waals surface area contributed by atoms with Crippen molar-refractivity contribution in [3.05, 3.63) is 64.6 Å². The first-order chi connectivity index (χ1) is 10.0. The van der Waals surface area contributed by atoms with Crippen molar-refractivity contribution >= 4 is 23.4 Å². The Hall–Kier alpha value is -2.37. The summed E-state index contributed by atoms with van der Waals surface area (Å²) in [5, 5.41) is 20.2. The van der Waals surface area contributed by atoms with Crippen molar-refractivity contribution in [3.8, 4) is 11.1 Å². The molecule has 0 fully saturated rings. The first-order valence-corrected chi connectivity index (χ1v) is 6.64. The molecule has 4 nitrogen and oxygen atoms in total. The number of nitrogens with one attached hydrogen (secondary N) is 1. The monoisotopic (exact) mass is 279 g/mol. The van der Waals surface area contributed by atoms with Crippen molar-refractivity contribution < 1.29 is 10.0 Å². The molecule has 0 radical (unpaired) electrons. The number of pyridine rings is 1. The molecule has 1 aromatic heterocycles. The van der Waals surface area contributed by atoms with Gasteiger partial charge < -0.3 is 15.0 Å². The van der Waals surface area contributed by atoms with Crippen LogP contribution in [0.2, 0.25) is 0 Å². The lowest BCUT2D eigenvalue weighted by Crippen LogP contribution is -2.30. The van der Waals surface area contributed by atoms with Crippen LogP contribution in [-0.4, -0.2) is 22.2 Å². The van der Waals surface area contributed by atoms with E-state index in [9.17, 15) is 14.8 Å². The summed E-state index contributed by atoms with van der Waals surface area (Å²) in [6.45, 7) is 1.90. The lowest BCUT2D eigenvalue weighted by Gasteiger charge is -2.08. The maximum atomic E-state index is 11.7. The van der Waals surface area contributed by atoms with Gasteiger partial charge in [-0.1, -0.05) is 29.8 Å². The van der Waals surface area contributed by atoms with Gasteiger partial charge in [0.15, 0.2) is 0 Å². The molecule has 0 aliphatic rings. The molecule has 0 saturated heterocycles. The zero-order valence-electron chi connectivity index (χ0n) is 11.5. The largest absolute Gasteiger partial charge is 0.488 e. The van der Waals surface area contributed by atoms with Crippen LogP contribution in [0.15, 0.2) is 53.5 Å². The third-order valence-electron chi connectivity index (χ3n) is 3.50. The summed E-state index contributed by atoms with van der Waals surface area (Å²) in [5.41, 5.74) is 3.10. The molecule has 0 aliphatic heterocycles. The Morgan fingerprint density at radius 2 is 1.81 bits per heavy atom. The van der Waals surface area contributed by atoms with E-state index in [1.807, 2.05) is 31.2 Å². The Bertz CT molecular complexity index is 871. The summed E-state index contributed by atoms with van der Waals surface area (Å²) in [7, 11) is -1.49. The fraction of sp³-hybridized carbons (Fsp3) is 0.0625. The Morgan fingerprint density at radius 3 is 2.57 bits per heavy atom. The molecule has 21 heavy (non-hydrogen) atoms. The molecule has 0 bridgehead atoms. The van der Waals surface area contributed by atoms with Gasteiger partial charge in [0.2, 0.25) is 0 Å². The fourth-order valence-corrected chi connectivity index (χ4v) is 2.50. The lowest BCUT2D eigenvalue weighted by atomic mass is 9.78. The maximum Gasteiger partial charge on any atom is 0.488 e. The number of benzene rings is 2. The summed E-state index contributed by atoms with van der Waals surface area (Å²) >= 11 is 0. The van der Waals surface area contributed by atoms with Crippen LogP contribution in [0.3, 0.4) is 0 Å².